The molecular weight excluding hydrogens is 442 g/mol. The van der Waals surface area contributed by atoms with Gasteiger partial charge in [-0.2, -0.15) is 0 Å². The van der Waals surface area contributed by atoms with Crippen molar-refractivity contribution in [3.05, 3.63) is 51.8 Å². The highest BCUT2D eigenvalue weighted by atomic mass is 32.2. The summed E-state index contributed by atoms with van der Waals surface area (Å²) < 4.78 is 15.3. The highest BCUT2D eigenvalue weighted by molar-refractivity contribution is 7.82. The van der Waals surface area contributed by atoms with Gasteiger partial charge < -0.3 is 10.3 Å². The lowest BCUT2D eigenvalue weighted by atomic mass is 10.1. The van der Waals surface area contributed by atoms with Gasteiger partial charge in [0.1, 0.15) is 11.0 Å². The Hall–Kier alpha value is -2.02. The third kappa shape index (κ3) is 6.55. The summed E-state index contributed by atoms with van der Waals surface area (Å²) >= 11 is 0. The number of hydrogen-bond donors (Lipinski definition) is 2. The van der Waals surface area contributed by atoms with Gasteiger partial charge in [-0.25, -0.2) is 8.51 Å². The van der Waals surface area contributed by atoms with Crippen LogP contribution in [0.2, 0.25) is 0 Å². The Bertz CT molecular complexity index is 1130. The third-order valence-electron chi connectivity index (χ3n) is 5.68. The minimum atomic E-state index is -1.17. The first-order chi connectivity index (χ1) is 16.5. The monoisotopic (exact) mass is 485 g/mol. The number of rotatable bonds is 9. The van der Waals surface area contributed by atoms with Crippen LogP contribution in [0.4, 0.5) is 0 Å². The molecule has 3 aromatic rings. The molecule has 1 atom stereocenters. The molecule has 0 aliphatic heterocycles. The van der Waals surface area contributed by atoms with Crippen LogP contribution in [0.3, 0.4) is 0 Å². The predicted molar refractivity (Wildman–Crippen MR) is 148 cm³/mol. The van der Waals surface area contributed by atoms with Crippen LogP contribution in [0, 0.1) is 0 Å². The average molecular weight is 486 g/mol. The maximum atomic E-state index is 13.3. The van der Waals surface area contributed by atoms with E-state index < -0.39 is 11.0 Å². The summed E-state index contributed by atoms with van der Waals surface area (Å²) in [6, 6.07) is 9.71. The van der Waals surface area contributed by atoms with E-state index in [-0.39, 0.29) is 5.56 Å². The number of nitrogens with zero attached hydrogens (tertiary/aromatic N) is 1. The van der Waals surface area contributed by atoms with Crippen molar-refractivity contribution in [3.8, 4) is 0 Å². The number of hydrogen-bond acceptors (Lipinski definition) is 3. The highest BCUT2D eigenvalue weighted by Gasteiger charge is 2.25. The predicted octanol–water partition coefficient (Wildman–Crippen LogP) is 6.15. The van der Waals surface area contributed by atoms with Crippen molar-refractivity contribution in [2.75, 3.05) is 26.7 Å². The summed E-state index contributed by atoms with van der Waals surface area (Å²) in [7, 11) is 0.812. The van der Waals surface area contributed by atoms with E-state index in [1.165, 1.54) is 19.3 Å². The van der Waals surface area contributed by atoms with Crippen molar-refractivity contribution in [2.45, 2.75) is 78.0 Å². The molecule has 1 unspecified atom stereocenters. The molecule has 1 aliphatic rings. The lowest BCUT2D eigenvalue weighted by Gasteiger charge is -2.21. The van der Waals surface area contributed by atoms with Crippen molar-refractivity contribution in [3.63, 3.8) is 0 Å². The van der Waals surface area contributed by atoms with Crippen molar-refractivity contribution in [1.82, 2.24) is 14.6 Å². The van der Waals surface area contributed by atoms with Crippen LogP contribution in [0.1, 0.15) is 77.8 Å². The summed E-state index contributed by atoms with van der Waals surface area (Å²) in [6.45, 7) is 13.5. The average Bonchev–Trinajstić information content (AvgIpc) is 3.23. The molecule has 188 valence electrons. The van der Waals surface area contributed by atoms with Crippen LogP contribution in [-0.2, 0) is 17.4 Å². The van der Waals surface area contributed by atoms with E-state index in [9.17, 15) is 9.00 Å². The fourth-order valence-corrected chi connectivity index (χ4v) is 5.78. The number of pyridine rings is 1. The molecule has 1 heterocycles. The molecule has 0 spiro atoms. The van der Waals surface area contributed by atoms with Crippen molar-refractivity contribution < 1.29 is 4.21 Å². The van der Waals surface area contributed by atoms with Crippen LogP contribution >= 0.6 is 0 Å². The molecule has 4 rings (SSSR count). The molecular formula is C28H43N3O2S. The summed E-state index contributed by atoms with van der Waals surface area (Å²) in [6.07, 6.45) is 6.55. The molecule has 2 N–H and O–H groups in total. The molecule has 6 heteroatoms. The zero-order chi connectivity index (χ0) is 25.1. The zero-order valence-corrected chi connectivity index (χ0v) is 22.7. The van der Waals surface area contributed by atoms with Gasteiger partial charge >= 0.3 is 0 Å². The van der Waals surface area contributed by atoms with E-state index in [0.29, 0.717) is 0 Å². The molecule has 1 aromatic heterocycles. The molecule has 0 saturated carbocycles. The van der Waals surface area contributed by atoms with Gasteiger partial charge in [-0.1, -0.05) is 59.6 Å². The van der Waals surface area contributed by atoms with Crippen LogP contribution in [-0.4, -0.2) is 40.2 Å². The number of nitrogens with one attached hydrogen (secondary N) is 2. The summed E-state index contributed by atoms with van der Waals surface area (Å²) in [4.78, 5) is 16.2. The molecule has 1 aliphatic carbocycles. The molecule has 0 fully saturated rings. The maximum absolute atomic E-state index is 13.3. The van der Waals surface area contributed by atoms with E-state index in [1.54, 1.807) is 0 Å². The normalized spacial score (nSPS) is 12.6. The van der Waals surface area contributed by atoms with Gasteiger partial charge in [0.2, 0.25) is 0 Å². The van der Waals surface area contributed by atoms with Gasteiger partial charge in [0.05, 0.1) is 4.90 Å². The molecule has 0 bridgehead atoms. The van der Waals surface area contributed by atoms with Gasteiger partial charge in [0.25, 0.3) is 5.56 Å². The number of aromatic amines is 1. The fourth-order valence-electron chi connectivity index (χ4n) is 4.24. The Labute approximate surface area is 207 Å². The molecule has 2 aromatic carbocycles. The Morgan fingerprint density at radius 3 is 2.21 bits per heavy atom. The topological polar surface area (TPSA) is 65.2 Å². The van der Waals surface area contributed by atoms with Crippen LogP contribution in [0.15, 0.2) is 40.0 Å². The molecule has 0 amide bonds. The maximum Gasteiger partial charge on any atom is 0.256 e. The van der Waals surface area contributed by atoms with E-state index in [1.807, 2.05) is 31.3 Å². The molecule has 0 saturated heterocycles. The van der Waals surface area contributed by atoms with Crippen molar-refractivity contribution >= 4 is 32.7 Å². The fraction of sp³-hybridized carbons (Fsp3) is 0.536. The van der Waals surface area contributed by atoms with Crippen LogP contribution in [0.25, 0.3) is 21.7 Å². The van der Waals surface area contributed by atoms with Crippen molar-refractivity contribution in [2.24, 2.45) is 0 Å². The smallest absolute Gasteiger partial charge is 0.256 e. The van der Waals surface area contributed by atoms with E-state index in [0.717, 1.165) is 76.6 Å². The molecule has 5 nitrogen and oxygen atoms in total. The van der Waals surface area contributed by atoms with Gasteiger partial charge in [0.15, 0.2) is 0 Å². The SMILES string of the molecule is CCC.CCCCNC.CCCN(CCC)S(=O)c1ccc2[nH]c(=O)c3cccc4c3c2c1C4. The summed E-state index contributed by atoms with van der Waals surface area (Å²) in [5.41, 5.74) is 3.06. The third-order valence-corrected chi connectivity index (χ3v) is 7.27. The molecule has 0 radical (unpaired) electrons. The standard InChI is InChI=1S/C20H22N2O2S.C5H13N.C3H8/c1-3-10-22(11-4-2)25(24)17-9-8-16-19-15(17)12-13-6-5-7-14(18(13)19)20(23)21-16;1-3-4-5-6-2;1-3-2/h5-9H,3-4,10-12H2,1-2H3,(H,21,23);6H,3-5H2,1-2H3;3H2,1-2H3. The number of benzene rings is 2. The summed E-state index contributed by atoms with van der Waals surface area (Å²) in [5.74, 6) is 0. The van der Waals surface area contributed by atoms with E-state index in [4.69, 9.17) is 0 Å². The minimum Gasteiger partial charge on any atom is -0.321 e. The summed E-state index contributed by atoms with van der Waals surface area (Å²) in [5, 5.41) is 5.90. The number of unbranched alkanes of at least 4 members (excludes halogenated alkanes) is 1. The van der Waals surface area contributed by atoms with E-state index >= 15 is 0 Å². The van der Waals surface area contributed by atoms with Gasteiger partial charge in [0, 0.05) is 41.2 Å². The van der Waals surface area contributed by atoms with Crippen LogP contribution < -0.4 is 10.9 Å². The first-order valence-electron chi connectivity index (χ1n) is 12.9. The second kappa shape index (κ2) is 14.4. The number of aromatic nitrogens is 1. The Kier molecular flexibility index (Phi) is 11.9. The lowest BCUT2D eigenvalue weighted by Crippen LogP contribution is -2.28. The second-order valence-corrected chi connectivity index (χ2v) is 10.2. The van der Waals surface area contributed by atoms with Crippen molar-refractivity contribution in [1.29, 1.82) is 0 Å². The van der Waals surface area contributed by atoms with Gasteiger partial charge in [-0.15, -0.1) is 0 Å². The first kappa shape index (κ1) is 28.2. The van der Waals surface area contributed by atoms with Crippen LogP contribution in [0.5, 0.6) is 0 Å². The van der Waals surface area contributed by atoms with Gasteiger partial charge in [-0.05, 0) is 62.2 Å². The number of H-pyrrole nitrogens is 1. The first-order valence-corrected chi connectivity index (χ1v) is 14.0. The Morgan fingerprint density at radius 1 is 0.971 bits per heavy atom. The molecule has 34 heavy (non-hydrogen) atoms. The second-order valence-electron chi connectivity index (χ2n) is 8.78. The van der Waals surface area contributed by atoms with Gasteiger partial charge in [-0.3, -0.25) is 4.79 Å². The zero-order valence-electron chi connectivity index (χ0n) is 21.9. The highest BCUT2D eigenvalue weighted by Crippen LogP contribution is 2.39. The Morgan fingerprint density at radius 2 is 1.65 bits per heavy atom. The lowest BCUT2D eigenvalue weighted by molar-refractivity contribution is 0.442. The Balaban J connectivity index is 0.000000391. The largest absolute Gasteiger partial charge is 0.321 e. The van der Waals surface area contributed by atoms with E-state index in [2.05, 4.69) is 55.3 Å². The quantitative estimate of drug-likeness (QED) is 0.221. The minimum absolute atomic E-state index is 0.0512.